The van der Waals surface area contributed by atoms with Crippen LogP contribution in [0.5, 0.6) is 0 Å². The summed E-state index contributed by atoms with van der Waals surface area (Å²) in [5, 5.41) is 15.9. The third-order valence-electron chi connectivity index (χ3n) is 2.33. The monoisotopic (exact) mass is 275 g/mol. The Balaban J connectivity index is 2.11. The topological polar surface area (TPSA) is 96.7 Å². The van der Waals surface area contributed by atoms with Crippen LogP contribution in [0.25, 0.3) is 0 Å². The first-order valence-electron chi connectivity index (χ1n) is 5.36. The molecule has 0 atom stereocenters. The van der Waals surface area contributed by atoms with Crippen molar-refractivity contribution in [2.45, 2.75) is 6.54 Å². The molecule has 96 valence electrons. The van der Waals surface area contributed by atoms with Crippen LogP contribution >= 0.6 is 11.6 Å². The molecule has 0 fully saturated rings. The molecule has 0 radical (unpaired) electrons. The molecule has 3 N–H and O–H groups in total. The minimum atomic E-state index is -0.318. The van der Waals surface area contributed by atoms with E-state index in [1.165, 1.54) is 16.9 Å². The SMILES string of the molecule is N#Cc1ccc(Cl)cc1NC(=O)Cn1cc(N)cn1. The summed E-state index contributed by atoms with van der Waals surface area (Å²) in [5.74, 6) is -0.318. The average Bonchev–Trinajstić information content (AvgIpc) is 2.75. The number of anilines is 2. The first-order chi connectivity index (χ1) is 9.08. The number of nitrogens with zero attached hydrogens (tertiary/aromatic N) is 3. The Morgan fingerprint density at radius 1 is 1.58 bits per heavy atom. The van der Waals surface area contributed by atoms with Gasteiger partial charge in [-0.05, 0) is 18.2 Å². The van der Waals surface area contributed by atoms with Gasteiger partial charge in [0.25, 0.3) is 0 Å². The second-order valence-electron chi connectivity index (χ2n) is 3.82. The summed E-state index contributed by atoms with van der Waals surface area (Å²) in [6.07, 6.45) is 3.00. The lowest BCUT2D eigenvalue weighted by atomic mass is 10.2. The van der Waals surface area contributed by atoms with Crippen LogP contribution in [0, 0.1) is 11.3 Å². The number of hydrogen-bond acceptors (Lipinski definition) is 4. The predicted molar refractivity (Wildman–Crippen MR) is 71.4 cm³/mol. The van der Waals surface area contributed by atoms with E-state index in [-0.39, 0.29) is 12.5 Å². The number of hydrogen-bond donors (Lipinski definition) is 2. The lowest BCUT2D eigenvalue weighted by Crippen LogP contribution is -2.19. The van der Waals surface area contributed by atoms with E-state index in [1.54, 1.807) is 18.3 Å². The van der Waals surface area contributed by atoms with Crippen LogP contribution in [0.1, 0.15) is 5.56 Å². The molecule has 1 amide bonds. The van der Waals surface area contributed by atoms with Crippen molar-refractivity contribution in [2.24, 2.45) is 0 Å². The molecule has 0 spiro atoms. The van der Waals surface area contributed by atoms with E-state index in [1.807, 2.05) is 6.07 Å². The number of benzene rings is 1. The maximum Gasteiger partial charge on any atom is 0.246 e. The van der Waals surface area contributed by atoms with Gasteiger partial charge in [-0.25, -0.2) is 0 Å². The van der Waals surface area contributed by atoms with Crippen LogP contribution in [-0.2, 0) is 11.3 Å². The third kappa shape index (κ3) is 3.24. The molecule has 0 bridgehead atoms. The van der Waals surface area contributed by atoms with E-state index in [2.05, 4.69) is 10.4 Å². The van der Waals surface area contributed by atoms with Gasteiger partial charge in [0, 0.05) is 11.2 Å². The molecule has 1 heterocycles. The Kier molecular flexibility index (Phi) is 3.68. The van der Waals surface area contributed by atoms with E-state index in [4.69, 9.17) is 22.6 Å². The first-order valence-corrected chi connectivity index (χ1v) is 5.73. The van der Waals surface area contributed by atoms with Crippen molar-refractivity contribution in [2.75, 3.05) is 11.1 Å². The van der Waals surface area contributed by atoms with Gasteiger partial charge < -0.3 is 11.1 Å². The molecule has 1 aromatic heterocycles. The van der Waals surface area contributed by atoms with Crippen LogP contribution in [-0.4, -0.2) is 15.7 Å². The van der Waals surface area contributed by atoms with Gasteiger partial charge >= 0.3 is 0 Å². The highest BCUT2D eigenvalue weighted by Gasteiger charge is 2.08. The third-order valence-corrected chi connectivity index (χ3v) is 2.57. The Morgan fingerprint density at radius 3 is 3.00 bits per heavy atom. The number of nitrogens with one attached hydrogen (secondary N) is 1. The standard InChI is InChI=1S/C12H10ClN5O/c13-9-2-1-8(4-14)11(3-9)17-12(19)7-18-6-10(15)5-16-18/h1-3,5-6H,7,15H2,(H,17,19). The molecular formula is C12H10ClN5O. The Labute approximate surface area is 114 Å². The lowest BCUT2D eigenvalue weighted by Gasteiger charge is -2.07. The smallest absolute Gasteiger partial charge is 0.246 e. The minimum Gasteiger partial charge on any atom is -0.396 e. The number of nitrogen functional groups attached to an aromatic ring is 1. The Morgan fingerprint density at radius 2 is 2.37 bits per heavy atom. The Bertz CT molecular complexity index is 658. The van der Waals surface area contributed by atoms with E-state index in [0.717, 1.165) is 0 Å². The second kappa shape index (κ2) is 5.42. The van der Waals surface area contributed by atoms with Gasteiger partial charge in [0.2, 0.25) is 5.91 Å². The summed E-state index contributed by atoms with van der Waals surface area (Å²) < 4.78 is 1.40. The highest BCUT2D eigenvalue weighted by atomic mass is 35.5. The van der Waals surface area contributed by atoms with Crippen molar-refractivity contribution < 1.29 is 4.79 Å². The fourth-order valence-corrected chi connectivity index (χ4v) is 1.69. The molecule has 0 aliphatic heterocycles. The largest absolute Gasteiger partial charge is 0.396 e. The van der Waals surface area contributed by atoms with Crippen LogP contribution in [0.4, 0.5) is 11.4 Å². The van der Waals surface area contributed by atoms with Gasteiger partial charge in [-0.1, -0.05) is 11.6 Å². The summed E-state index contributed by atoms with van der Waals surface area (Å²) >= 11 is 5.83. The minimum absolute atomic E-state index is 0.00851. The highest BCUT2D eigenvalue weighted by molar-refractivity contribution is 6.31. The molecule has 0 saturated carbocycles. The number of rotatable bonds is 3. The number of aromatic nitrogens is 2. The second-order valence-corrected chi connectivity index (χ2v) is 4.26. The van der Waals surface area contributed by atoms with Crippen molar-refractivity contribution >= 4 is 28.9 Å². The predicted octanol–water partition coefficient (Wildman–Crippen LogP) is 1.63. The number of carbonyl (C=O) groups excluding carboxylic acids is 1. The molecule has 1 aromatic carbocycles. The molecule has 2 rings (SSSR count). The number of nitriles is 1. The van der Waals surface area contributed by atoms with E-state index in [0.29, 0.717) is 22.0 Å². The Hall–Kier alpha value is -2.52. The maximum absolute atomic E-state index is 11.8. The number of nitrogens with two attached hydrogens (primary N) is 1. The summed E-state index contributed by atoms with van der Waals surface area (Å²) in [6, 6.07) is 6.64. The summed E-state index contributed by atoms with van der Waals surface area (Å²) in [5.41, 5.74) is 6.70. The van der Waals surface area contributed by atoms with Crippen molar-refractivity contribution in [1.29, 1.82) is 5.26 Å². The normalized spacial score (nSPS) is 9.89. The first kappa shape index (κ1) is 12.9. The van der Waals surface area contributed by atoms with Gasteiger partial charge in [-0.3, -0.25) is 9.48 Å². The van der Waals surface area contributed by atoms with Gasteiger partial charge in [0.15, 0.2) is 0 Å². The van der Waals surface area contributed by atoms with Crippen LogP contribution < -0.4 is 11.1 Å². The van der Waals surface area contributed by atoms with Gasteiger partial charge in [-0.15, -0.1) is 0 Å². The highest BCUT2D eigenvalue weighted by Crippen LogP contribution is 2.20. The number of amides is 1. The lowest BCUT2D eigenvalue weighted by molar-refractivity contribution is -0.116. The molecular weight excluding hydrogens is 266 g/mol. The zero-order valence-corrected chi connectivity index (χ0v) is 10.6. The van der Waals surface area contributed by atoms with E-state index >= 15 is 0 Å². The number of carbonyl (C=O) groups is 1. The van der Waals surface area contributed by atoms with Gasteiger partial charge in [-0.2, -0.15) is 10.4 Å². The summed E-state index contributed by atoms with van der Waals surface area (Å²) in [6.45, 7) is 0.00851. The van der Waals surface area contributed by atoms with Crippen molar-refractivity contribution in [1.82, 2.24) is 9.78 Å². The van der Waals surface area contributed by atoms with Crippen molar-refractivity contribution in [3.8, 4) is 6.07 Å². The van der Waals surface area contributed by atoms with Gasteiger partial charge in [0.1, 0.15) is 12.6 Å². The molecule has 19 heavy (non-hydrogen) atoms. The van der Waals surface area contributed by atoms with Crippen LogP contribution in [0.2, 0.25) is 5.02 Å². The van der Waals surface area contributed by atoms with Crippen molar-refractivity contribution in [3.05, 3.63) is 41.2 Å². The van der Waals surface area contributed by atoms with E-state index in [9.17, 15) is 4.79 Å². The average molecular weight is 276 g/mol. The quantitative estimate of drug-likeness (QED) is 0.889. The molecule has 6 nitrogen and oxygen atoms in total. The summed E-state index contributed by atoms with van der Waals surface area (Å²) in [4.78, 5) is 11.8. The molecule has 7 heteroatoms. The zero-order chi connectivity index (χ0) is 13.8. The zero-order valence-electron chi connectivity index (χ0n) is 9.80. The molecule has 0 saturated heterocycles. The van der Waals surface area contributed by atoms with Crippen LogP contribution in [0.15, 0.2) is 30.6 Å². The fourth-order valence-electron chi connectivity index (χ4n) is 1.52. The molecule has 0 aliphatic rings. The van der Waals surface area contributed by atoms with Crippen LogP contribution in [0.3, 0.4) is 0 Å². The van der Waals surface area contributed by atoms with Crippen molar-refractivity contribution in [3.63, 3.8) is 0 Å². The van der Waals surface area contributed by atoms with E-state index < -0.39 is 0 Å². The summed E-state index contributed by atoms with van der Waals surface area (Å²) in [7, 11) is 0. The molecule has 0 aliphatic carbocycles. The maximum atomic E-state index is 11.8. The van der Waals surface area contributed by atoms with Gasteiger partial charge in [0.05, 0.1) is 23.1 Å². The molecule has 2 aromatic rings. The fraction of sp³-hybridized carbons (Fsp3) is 0.0833. The molecule has 0 unspecified atom stereocenters. The number of halogens is 1.